The number of alkyl halides is 3. The van der Waals surface area contributed by atoms with Crippen LogP contribution < -0.4 is 5.32 Å². The number of hydrogen-bond acceptors (Lipinski definition) is 3. The zero-order valence-electron chi connectivity index (χ0n) is 15.4. The Morgan fingerprint density at radius 1 is 1.10 bits per heavy atom. The molecule has 11 heteroatoms. The van der Waals surface area contributed by atoms with E-state index in [0.29, 0.717) is 17.9 Å². The van der Waals surface area contributed by atoms with E-state index in [1.165, 1.54) is 28.6 Å². The maximum Gasteiger partial charge on any atom is 0.416 e. The first kappa shape index (κ1) is 22.9. The van der Waals surface area contributed by atoms with E-state index in [1.807, 2.05) is 0 Å². The van der Waals surface area contributed by atoms with Gasteiger partial charge in [0.25, 0.3) is 0 Å². The Labute approximate surface area is 181 Å². The molecular formula is C19H17Cl2F3N2O3S. The number of anilines is 1. The minimum Gasteiger partial charge on any atom is -0.324 e. The average Bonchev–Trinajstić information content (AvgIpc) is 2.69. The van der Waals surface area contributed by atoms with E-state index in [1.54, 1.807) is 0 Å². The molecule has 5 nitrogen and oxygen atoms in total. The highest BCUT2D eigenvalue weighted by atomic mass is 35.5. The van der Waals surface area contributed by atoms with Crippen LogP contribution in [0.2, 0.25) is 10.0 Å². The standard InChI is InChI=1S/C19H17Cl2F3N2O3S/c20-14-4-6-15(7-5-14)30(28,29)26-9-1-2-12(11-26)18(27)25-17-10-13(19(22,23)24)3-8-16(17)21/h3-8,10,12H,1-2,9,11H2,(H,25,27)/t12-/m0/s1. The van der Waals surface area contributed by atoms with Crippen molar-refractivity contribution in [3.05, 3.63) is 58.1 Å². The average molecular weight is 481 g/mol. The van der Waals surface area contributed by atoms with E-state index in [0.717, 1.165) is 18.2 Å². The van der Waals surface area contributed by atoms with E-state index in [-0.39, 0.29) is 28.7 Å². The summed E-state index contributed by atoms with van der Waals surface area (Å²) in [6, 6.07) is 8.30. The van der Waals surface area contributed by atoms with Gasteiger partial charge < -0.3 is 5.32 Å². The summed E-state index contributed by atoms with van der Waals surface area (Å²) in [5, 5.41) is 2.75. The van der Waals surface area contributed by atoms with Crippen molar-refractivity contribution in [1.82, 2.24) is 4.31 Å². The minimum atomic E-state index is -4.58. The van der Waals surface area contributed by atoms with Crippen molar-refractivity contribution < 1.29 is 26.4 Å². The van der Waals surface area contributed by atoms with Crippen molar-refractivity contribution in [3.63, 3.8) is 0 Å². The Bertz CT molecular complexity index is 1040. The number of carbonyl (C=O) groups excluding carboxylic acids is 1. The summed E-state index contributed by atoms with van der Waals surface area (Å²) in [5.74, 6) is -1.32. The molecule has 2 aromatic rings. The first-order valence-corrected chi connectivity index (χ1v) is 11.1. The van der Waals surface area contributed by atoms with Gasteiger partial charge in [-0.3, -0.25) is 4.79 Å². The molecule has 1 fully saturated rings. The topological polar surface area (TPSA) is 66.5 Å². The number of carbonyl (C=O) groups is 1. The molecule has 162 valence electrons. The normalized spacial score (nSPS) is 18.2. The zero-order valence-corrected chi connectivity index (χ0v) is 17.7. The lowest BCUT2D eigenvalue weighted by Crippen LogP contribution is -2.43. The molecule has 0 bridgehead atoms. The quantitative estimate of drug-likeness (QED) is 0.665. The van der Waals surface area contributed by atoms with Crippen LogP contribution in [0.1, 0.15) is 18.4 Å². The Hall–Kier alpha value is -1.81. The van der Waals surface area contributed by atoms with E-state index < -0.39 is 33.6 Å². The van der Waals surface area contributed by atoms with Crippen LogP contribution in [0.5, 0.6) is 0 Å². The van der Waals surface area contributed by atoms with Gasteiger partial charge in [0, 0.05) is 18.1 Å². The summed E-state index contributed by atoms with van der Waals surface area (Å²) < 4.78 is 65.6. The first-order chi connectivity index (χ1) is 14.0. The maximum atomic E-state index is 12.9. The highest BCUT2D eigenvalue weighted by Gasteiger charge is 2.34. The van der Waals surface area contributed by atoms with Crippen molar-refractivity contribution in [3.8, 4) is 0 Å². The fourth-order valence-corrected chi connectivity index (χ4v) is 4.98. The van der Waals surface area contributed by atoms with Gasteiger partial charge in [-0.05, 0) is 55.3 Å². The lowest BCUT2D eigenvalue weighted by Gasteiger charge is -2.31. The van der Waals surface area contributed by atoms with Gasteiger partial charge in [-0.15, -0.1) is 0 Å². The molecule has 0 aliphatic carbocycles. The summed E-state index contributed by atoms with van der Waals surface area (Å²) >= 11 is 11.7. The van der Waals surface area contributed by atoms with Gasteiger partial charge in [0.1, 0.15) is 0 Å². The van der Waals surface area contributed by atoms with Crippen molar-refractivity contribution in [2.75, 3.05) is 18.4 Å². The van der Waals surface area contributed by atoms with Gasteiger partial charge in [-0.2, -0.15) is 17.5 Å². The third-order valence-electron chi connectivity index (χ3n) is 4.76. The SMILES string of the molecule is O=C(Nc1cc(C(F)(F)F)ccc1Cl)[C@H]1CCCN(S(=O)(=O)c2ccc(Cl)cc2)C1. The van der Waals surface area contributed by atoms with Crippen LogP contribution in [0.3, 0.4) is 0 Å². The molecule has 0 spiro atoms. The number of amides is 1. The van der Waals surface area contributed by atoms with Crippen LogP contribution >= 0.6 is 23.2 Å². The number of rotatable bonds is 4. The molecule has 0 radical (unpaired) electrons. The largest absolute Gasteiger partial charge is 0.416 e. The summed E-state index contributed by atoms with van der Waals surface area (Å²) in [7, 11) is -3.83. The molecule has 2 aromatic carbocycles. The molecule has 0 unspecified atom stereocenters. The monoisotopic (exact) mass is 480 g/mol. The molecule has 1 N–H and O–H groups in total. The minimum absolute atomic E-state index is 0.0437. The molecule has 30 heavy (non-hydrogen) atoms. The molecule has 3 rings (SSSR count). The molecule has 0 saturated carbocycles. The molecule has 1 saturated heterocycles. The Kier molecular flexibility index (Phi) is 6.66. The van der Waals surface area contributed by atoms with E-state index in [9.17, 15) is 26.4 Å². The predicted molar refractivity (Wildman–Crippen MR) is 108 cm³/mol. The Morgan fingerprint density at radius 2 is 1.77 bits per heavy atom. The van der Waals surface area contributed by atoms with E-state index >= 15 is 0 Å². The smallest absolute Gasteiger partial charge is 0.324 e. The second kappa shape index (κ2) is 8.74. The van der Waals surface area contributed by atoms with Gasteiger partial charge in [-0.25, -0.2) is 8.42 Å². The molecule has 1 aliphatic heterocycles. The van der Waals surface area contributed by atoms with Crippen molar-refractivity contribution >= 4 is 44.8 Å². The van der Waals surface area contributed by atoms with Gasteiger partial charge in [0.05, 0.1) is 27.1 Å². The highest BCUT2D eigenvalue weighted by molar-refractivity contribution is 7.89. The van der Waals surface area contributed by atoms with Gasteiger partial charge in [0.15, 0.2) is 0 Å². The Morgan fingerprint density at radius 3 is 2.40 bits per heavy atom. The molecule has 1 aliphatic rings. The number of hydrogen-bond donors (Lipinski definition) is 1. The first-order valence-electron chi connectivity index (χ1n) is 8.92. The van der Waals surface area contributed by atoms with Crippen LogP contribution in [0.15, 0.2) is 47.4 Å². The summed E-state index contributed by atoms with van der Waals surface area (Å²) in [5.41, 5.74) is -1.12. The summed E-state index contributed by atoms with van der Waals surface area (Å²) in [4.78, 5) is 12.7. The maximum absolute atomic E-state index is 12.9. The van der Waals surface area contributed by atoms with Gasteiger partial charge in [0.2, 0.25) is 15.9 Å². The molecular weight excluding hydrogens is 464 g/mol. The third kappa shape index (κ3) is 5.08. The number of nitrogens with one attached hydrogen (secondary N) is 1. The number of sulfonamides is 1. The van der Waals surface area contributed by atoms with Crippen LogP contribution in [-0.2, 0) is 21.0 Å². The highest BCUT2D eigenvalue weighted by Crippen LogP contribution is 2.34. The summed E-state index contributed by atoms with van der Waals surface area (Å²) in [6.07, 6.45) is -3.76. The Balaban J connectivity index is 1.76. The van der Waals surface area contributed by atoms with Gasteiger partial charge >= 0.3 is 6.18 Å². The lowest BCUT2D eigenvalue weighted by atomic mass is 9.98. The zero-order chi connectivity index (χ0) is 22.1. The lowest BCUT2D eigenvalue weighted by molar-refractivity contribution is -0.137. The number of halogens is 5. The number of benzene rings is 2. The fourth-order valence-electron chi connectivity index (χ4n) is 3.16. The second-order valence-corrected chi connectivity index (χ2v) is 9.62. The molecule has 1 atom stereocenters. The van der Waals surface area contributed by atoms with Crippen molar-refractivity contribution in [2.45, 2.75) is 23.9 Å². The van der Waals surface area contributed by atoms with Crippen molar-refractivity contribution in [1.29, 1.82) is 0 Å². The molecule has 1 heterocycles. The van der Waals surface area contributed by atoms with Gasteiger partial charge in [-0.1, -0.05) is 23.2 Å². The van der Waals surface area contributed by atoms with E-state index in [4.69, 9.17) is 23.2 Å². The van der Waals surface area contributed by atoms with Crippen LogP contribution in [0, 0.1) is 5.92 Å². The fraction of sp³-hybridized carbons (Fsp3) is 0.316. The molecule has 0 aromatic heterocycles. The van der Waals surface area contributed by atoms with Crippen LogP contribution in [0.25, 0.3) is 0 Å². The number of piperidine rings is 1. The van der Waals surface area contributed by atoms with Crippen LogP contribution in [-0.4, -0.2) is 31.7 Å². The predicted octanol–water partition coefficient (Wildman–Crippen LogP) is 5.05. The summed E-state index contributed by atoms with van der Waals surface area (Å²) in [6.45, 7) is 0.145. The van der Waals surface area contributed by atoms with Crippen LogP contribution in [0.4, 0.5) is 18.9 Å². The third-order valence-corrected chi connectivity index (χ3v) is 7.22. The number of nitrogens with zero attached hydrogens (tertiary/aromatic N) is 1. The molecule has 1 amide bonds. The van der Waals surface area contributed by atoms with Crippen molar-refractivity contribution in [2.24, 2.45) is 5.92 Å². The van der Waals surface area contributed by atoms with E-state index in [2.05, 4.69) is 5.32 Å². The second-order valence-electron chi connectivity index (χ2n) is 6.84.